The Bertz CT molecular complexity index is 652. The average Bonchev–Trinajstić information content (AvgIpc) is 2.45. The number of carbonyl (C=O) groups is 1. The van der Waals surface area contributed by atoms with Crippen molar-refractivity contribution in [1.82, 2.24) is 9.47 Å². The van der Waals surface area contributed by atoms with Crippen molar-refractivity contribution in [3.63, 3.8) is 0 Å². The second-order valence-corrected chi connectivity index (χ2v) is 6.90. The first-order chi connectivity index (χ1) is 11.4. The zero-order valence-corrected chi connectivity index (χ0v) is 15.1. The Labute approximate surface area is 145 Å². The highest BCUT2D eigenvalue weighted by molar-refractivity contribution is 5.78. The van der Waals surface area contributed by atoms with E-state index in [0.29, 0.717) is 25.5 Å². The standard InChI is InChI=1S/C17H26F3N3O2/c1-11(2)5-6-14(16(21)25)23-10-12(7-8-22(3)4)13(9-15(23)24)17(18,19)20/h9-11,14H,5-8H2,1-4H3,(H2,21,25). The van der Waals surface area contributed by atoms with E-state index >= 15 is 0 Å². The fourth-order valence-corrected chi connectivity index (χ4v) is 2.55. The van der Waals surface area contributed by atoms with E-state index in [1.54, 1.807) is 19.0 Å². The maximum Gasteiger partial charge on any atom is 0.416 e. The molecule has 8 heteroatoms. The van der Waals surface area contributed by atoms with Gasteiger partial charge in [0, 0.05) is 18.8 Å². The van der Waals surface area contributed by atoms with Gasteiger partial charge in [-0.25, -0.2) is 0 Å². The summed E-state index contributed by atoms with van der Waals surface area (Å²) in [5.74, 6) is -0.443. The molecule has 0 aliphatic heterocycles. The first kappa shape index (κ1) is 21.2. The van der Waals surface area contributed by atoms with Crippen LogP contribution in [0.3, 0.4) is 0 Å². The first-order valence-electron chi connectivity index (χ1n) is 8.19. The second kappa shape index (κ2) is 8.51. The highest BCUT2D eigenvalue weighted by Gasteiger charge is 2.35. The lowest BCUT2D eigenvalue weighted by Gasteiger charge is -2.21. The number of hydrogen-bond donors (Lipinski definition) is 1. The normalized spacial score (nSPS) is 13.5. The fourth-order valence-electron chi connectivity index (χ4n) is 2.55. The highest BCUT2D eigenvalue weighted by Crippen LogP contribution is 2.32. The summed E-state index contributed by atoms with van der Waals surface area (Å²) in [5, 5.41) is 0. The Morgan fingerprint density at radius 1 is 1.28 bits per heavy atom. The van der Waals surface area contributed by atoms with Crippen molar-refractivity contribution in [1.29, 1.82) is 0 Å². The van der Waals surface area contributed by atoms with E-state index in [4.69, 9.17) is 5.73 Å². The average molecular weight is 361 g/mol. The molecule has 0 aliphatic carbocycles. The molecule has 0 fully saturated rings. The molecule has 5 nitrogen and oxygen atoms in total. The van der Waals surface area contributed by atoms with Crippen LogP contribution in [-0.2, 0) is 17.4 Å². The SMILES string of the molecule is CC(C)CCC(C(N)=O)n1cc(CCN(C)C)c(C(F)(F)F)cc1=O. The predicted molar refractivity (Wildman–Crippen MR) is 90.3 cm³/mol. The van der Waals surface area contributed by atoms with Gasteiger partial charge in [0.25, 0.3) is 5.56 Å². The van der Waals surface area contributed by atoms with E-state index in [9.17, 15) is 22.8 Å². The van der Waals surface area contributed by atoms with E-state index in [-0.39, 0.29) is 17.9 Å². The minimum atomic E-state index is -4.62. The molecule has 2 N–H and O–H groups in total. The zero-order chi connectivity index (χ0) is 19.4. The number of aromatic nitrogens is 1. The van der Waals surface area contributed by atoms with E-state index in [1.807, 2.05) is 13.8 Å². The number of alkyl halides is 3. The van der Waals surface area contributed by atoms with Crippen molar-refractivity contribution in [3.05, 3.63) is 33.7 Å². The third-order valence-electron chi connectivity index (χ3n) is 3.98. The lowest BCUT2D eigenvalue weighted by molar-refractivity contribution is -0.138. The summed E-state index contributed by atoms with van der Waals surface area (Å²) in [6.07, 6.45) is -2.43. The molecule has 0 saturated heterocycles. The van der Waals surface area contributed by atoms with Gasteiger partial charge >= 0.3 is 6.18 Å². The molecule has 1 amide bonds. The van der Waals surface area contributed by atoms with Crippen LogP contribution < -0.4 is 11.3 Å². The van der Waals surface area contributed by atoms with E-state index < -0.39 is 29.2 Å². The second-order valence-electron chi connectivity index (χ2n) is 6.90. The van der Waals surface area contributed by atoms with Crippen molar-refractivity contribution >= 4 is 5.91 Å². The fraction of sp³-hybridized carbons (Fsp3) is 0.647. The van der Waals surface area contributed by atoms with Gasteiger partial charge in [0.2, 0.25) is 5.91 Å². The molecule has 0 aromatic carbocycles. The topological polar surface area (TPSA) is 68.3 Å². The molecule has 1 aromatic rings. The number of amides is 1. The molecule has 142 valence electrons. The maximum absolute atomic E-state index is 13.2. The summed E-state index contributed by atoms with van der Waals surface area (Å²) in [4.78, 5) is 25.7. The monoisotopic (exact) mass is 361 g/mol. The quantitative estimate of drug-likeness (QED) is 0.773. The smallest absolute Gasteiger partial charge is 0.368 e. The molecular formula is C17H26F3N3O2. The number of likely N-dealkylation sites (N-methyl/N-ethyl adjacent to an activating group) is 1. The summed E-state index contributed by atoms with van der Waals surface area (Å²) >= 11 is 0. The summed E-state index contributed by atoms with van der Waals surface area (Å²) in [5.41, 5.74) is 3.55. The summed E-state index contributed by atoms with van der Waals surface area (Å²) < 4.78 is 40.8. The van der Waals surface area contributed by atoms with Gasteiger partial charge in [0.05, 0.1) is 5.56 Å². The Morgan fingerprint density at radius 3 is 2.32 bits per heavy atom. The number of carbonyl (C=O) groups excluding carboxylic acids is 1. The third kappa shape index (κ3) is 6.19. The van der Waals surface area contributed by atoms with Crippen LogP contribution in [0.15, 0.2) is 17.1 Å². The van der Waals surface area contributed by atoms with Gasteiger partial charge in [-0.2, -0.15) is 13.2 Å². The van der Waals surface area contributed by atoms with Gasteiger partial charge in [-0.1, -0.05) is 13.8 Å². The first-order valence-corrected chi connectivity index (χ1v) is 8.19. The molecule has 25 heavy (non-hydrogen) atoms. The van der Waals surface area contributed by atoms with Crippen molar-refractivity contribution in [2.24, 2.45) is 11.7 Å². The third-order valence-corrected chi connectivity index (χ3v) is 3.98. The molecule has 1 heterocycles. The molecule has 1 unspecified atom stereocenters. The number of rotatable bonds is 8. The van der Waals surface area contributed by atoms with Gasteiger partial charge in [-0.3, -0.25) is 9.59 Å². The van der Waals surface area contributed by atoms with Crippen molar-refractivity contribution in [3.8, 4) is 0 Å². The van der Waals surface area contributed by atoms with Crippen LogP contribution >= 0.6 is 0 Å². The number of nitrogens with zero attached hydrogens (tertiary/aromatic N) is 2. The van der Waals surface area contributed by atoms with Crippen molar-refractivity contribution < 1.29 is 18.0 Å². The number of primary amides is 1. The van der Waals surface area contributed by atoms with Crippen molar-refractivity contribution in [2.75, 3.05) is 20.6 Å². The Balaban J connectivity index is 3.37. The molecule has 0 aliphatic rings. The zero-order valence-electron chi connectivity index (χ0n) is 15.1. The summed E-state index contributed by atoms with van der Waals surface area (Å²) in [7, 11) is 3.50. The minimum Gasteiger partial charge on any atom is -0.368 e. The molecule has 1 rings (SSSR count). The van der Waals surface area contributed by atoms with E-state index in [1.165, 1.54) is 0 Å². The van der Waals surface area contributed by atoms with E-state index in [0.717, 1.165) is 10.8 Å². The molecule has 1 aromatic heterocycles. The molecule has 0 radical (unpaired) electrons. The van der Waals surface area contributed by atoms with Crippen LogP contribution in [-0.4, -0.2) is 36.0 Å². The van der Waals surface area contributed by atoms with Gasteiger partial charge in [-0.15, -0.1) is 0 Å². The van der Waals surface area contributed by atoms with Crippen LogP contribution in [0.1, 0.15) is 43.9 Å². The molecule has 1 atom stereocenters. The maximum atomic E-state index is 13.2. The van der Waals surface area contributed by atoms with Crippen LogP contribution in [0.2, 0.25) is 0 Å². The lowest BCUT2D eigenvalue weighted by atomic mass is 10.0. The van der Waals surface area contributed by atoms with Crippen LogP contribution in [0.5, 0.6) is 0 Å². The largest absolute Gasteiger partial charge is 0.416 e. The Morgan fingerprint density at radius 2 is 1.88 bits per heavy atom. The summed E-state index contributed by atoms with van der Waals surface area (Å²) in [6, 6.07) is -0.383. The minimum absolute atomic E-state index is 0.0170. The predicted octanol–water partition coefficient (Wildman–Crippen LogP) is 2.43. The number of halogens is 3. The lowest BCUT2D eigenvalue weighted by Crippen LogP contribution is -2.35. The van der Waals surface area contributed by atoms with E-state index in [2.05, 4.69) is 0 Å². The molecule has 0 spiro atoms. The molecule has 0 bridgehead atoms. The number of hydrogen-bond acceptors (Lipinski definition) is 3. The number of nitrogens with two attached hydrogens (primary N) is 1. The van der Waals surface area contributed by atoms with Crippen LogP contribution in [0.4, 0.5) is 13.2 Å². The van der Waals surface area contributed by atoms with Gasteiger partial charge < -0.3 is 15.2 Å². The van der Waals surface area contributed by atoms with Gasteiger partial charge in [-0.05, 0) is 44.8 Å². The number of pyridine rings is 1. The van der Waals surface area contributed by atoms with Crippen LogP contribution in [0, 0.1) is 5.92 Å². The molecular weight excluding hydrogens is 335 g/mol. The Kier molecular flexibility index (Phi) is 7.22. The van der Waals surface area contributed by atoms with Crippen molar-refractivity contribution in [2.45, 2.75) is 45.3 Å². The Hall–Kier alpha value is -1.83. The highest BCUT2D eigenvalue weighted by atomic mass is 19.4. The summed E-state index contributed by atoms with van der Waals surface area (Å²) in [6.45, 7) is 4.29. The molecule has 0 saturated carbocycles. The van der Waals surface area contributed by atoms with Crippen LogP contribution in [0.25, 0.3) is 0 Å². The van der Waals surface area contributed by atoms with Gasteiger partial charge in [0.15, 0.2) is 0 Å². The van der Waals surface area contributed by atoms with Gasteiger partial charge in [0.1, 0.15) is 6.04 Å².